The van der Waals surface area contributed by atoms with Crippen LogP contribution in [0.1, 0.15) is 39.0 Å². The van der Waals surface area contributed by atoms with E-state index in [1.54, 1.807) is 0 Å². The second-order valence-corrected chi connectivity index (χ2v) is 4.62. The van der Waals surface area contributed by atoms with E-state index in [4.69, 9.17) is 4.74 Å². The average molecular weight is 215 g/mol. The van der Waals surface area contributed by atoms with Crippen molar-refractivity contribution >= 4 is 0 Å². The second-order valence-electron chi connectivity index (χ2n) is 4.62. The number of aliphatic hydroxyl groups is 1. The van der Waals surface area contributed by atoms with Crippen LogP contribution in [-0.2, 0) is 4.74 Å². The molecule has 1 rings (SSSR count). The number of nitrogens with one attached hydrogen (secondary N) is 1. The first kappa shape index (κ1) is 12.9. The number of unbranched alkanes of at least 4 members (excludes halogenated alkanes) is 1. The third kappa shape index (κ3) is 4.49. The number of aliphatic hydroxyl groups excluding tert-OH is 1. The van der Waals surface area contributed by atoms with Gasteiger partial charge in [-0.3, -0.25) is 0 Å². The highest BCUT2D eigenvalue weighted by Crippen LogP contribution is 2.31. The lowest BCUT2D eigenvalue weighted by Crippen LogP contribution is -2.39. The molecule has 1 heterocycles. The molecule has 3 nitrogen and oxygen atoms in total. The molecule has 0 unspecified atom stereocenters. The maximum absolute atomic E-state index is 9.46. The summed E-state index contributed by atoms with van der Waals surface area (Å²) in [5, 5.41) is 12.8. The number of piperidine rings is 1. The van der Waals surface area contributed by atoms with Crippen LogP contribution in [0.3, 0.4) is 0 Å². The van der Waals surface area contributed by atoms with Crippen molar-refractivity contribution in [1.82, 2.24) is 5.32 Å². The molecule has 3 heteroatoms. The predicted octanol–water partition coefficient (Wildman–Crippen LogP) is 1.56. The van der Waals surface area contributed by atoms with E-state index in [-0.39, 0.29) is 5.41 Å². The van der Waals surface area contributed by atoms with Crippen LogP contribution in [0.2, 0.25) is 0 Å². The molecule has 1 saturated heterocycles. The Hall–Kier alpha value is -0.120. The lowest BCUT2D eigenvalue weighted by Gasteiger charge is -2.35. The van der Waals surface area contributed by atoms with Gasteiger partial charge >= 0.3 is 0 Å². The van der Waals surface area contributed by atoms with E-state index in [0.29, 0.717) is 6.61 Å². The summed E-state index contributed by atoms with van der Waals surface area (Å²) in [6, 6.07) is 0. The Labute approximate surface area is 93.2 Å². The summed E-state index contributed by atoms with van der Waals surface area (Å²) in [4.78, 5) is 0. The van der Waals surface area contributed by atoms with Crippen LogP contribution < -0.4 is 5.32 Å². The number of ether oxygens (including phenoxy) is 1. The van der Waals surface area contributed by atoms with Crippen molar-refractivity contribution in [2.24, 2.45) is 5.41 Å². The van der Waals surface area contributed by atoms with Crippen molar-refractivity contribution in [3.8, 4) is 0 Å². The minimum absolute atomic E-state index is 0.136. The Balaban J connectivity index is 2.15. The monoisotopic (exact) mass is 215 g/mol. The van der Waals surface area contributed by atoms with Gasteiger partial charge in [0.1, 0.15) is 0 Å². The van der Waals surface area contributed by atoms with Gasteiger partial charge in [-0.25, -0.2) is 0 Å². The molecule has 0 amide bonds. The fourth-order valence-electron chi connectivity index (χ4n) is 2.08. The van der Waals surface area contributed by atoms with E-state index in [9.17, 15) is 5.11 Å². The smallest absolute Gasteiger partial charge is 0.0489 e. The van der Waals surface area contributed by atoms with Crippen LogP contribution in [0.15, 0.2) is 0 Å². The first-order valence-electron chi connectivity index (χ1n) is 6.22. The Kier molecular flexibility index (Phi) is 6.22. The van der Waals surface area contributed by atoms with Crippen LogP contribution in [0.5, 0.6) is 0 Å². The third-order valence-electron chi connectivity index (χ3n) is 3.42. The highest BCUT2D eigenvalue weighted by atomic mass is 16.5. The minimum Gasteiger partial charge on any atom is -0.396 e. The maximum atomic E-state index is 9.46. The summed E-state index contributed by atoms with van der Waals surface area (Å²) >= 11 is 0. The van der Waals surface area contributed by atoms with Crippen LogP contribution in [-0.4, -0.2) is 38.0 Å². The predicted molar refractivity (Wildman–Crippen MR) is 62.0 cm³/mol. The molecule has 1 fully saturated rings. The van der Waals surface area contributed by atoms with Gasteiger partial charge < -0.3 is 15.2 Å². The van der Waals surface area contributed by atoms with Crippen molar-refractivity contribution in [3.63, 3.8) is 0 Å². The van der Waals surface area contributed by atoms with Crippen molar-refractivity contribution in [1.29, 1.82) is 0 Å². The molecule has 0 bridgehead atoms. The van der Waals surface area contributed by atoms with E-state index in [1.165, 1.54) is 6.42 Å². The summed E-state index contributed by atoms with van der Waals surface area (Å²) in [5.74, 6) is 0. The van der Waals surface area contributed by atoms with Gasteiger partial charge in [-0.2, -0.15) is 0 Å². The van der Waals surface area contributed by atoms with Crippen molar-refractivity contribution < 1.29 is 9.84 Å². The van der Waals surface area contributed by atoms with Crippen molar-refractivity contribution in [3.05, 3.63) is 0 Å². The molecule has 1 aliphatic rings. The molecule has 0 spiro atoms. The zero-order chi connectivity index (χ0) is 11.0. The SMILES string of the molecule is CCCCOCCC1(CO)CCNCC1. The number of hydrogen-bond acceptors (Lipinski definition) is 3. The highest BCUT2D eigenvalue weighted by Gasteiger charge is 2.30. The molecule has 0 aromatic heterocycles. The van der Waals surface area contributed by atoms with E-state index in [1.807, 2.05) is 0 Å². The lowest BCUT2D eigenvalue weighted by molar-refractivity contribution is 0.0357. The first-order valence-corrected chi connectivity index (χ1v) is 6.22. The van der Waals surface area contributed by atoms with Gasteiger partial charge in [0.2, 0.25) is 0 Å². The van der Waals surface area contributed by atoms with E-state index >= 15 is 0 Å². The third-order valence-corrected chi connectivity index (χ3v) is 3.42. The molecule has 0 aromatic rings. The molecule has 0 atom stereocenters. The zero-order valence-corrected chi connectivity index (χ0v) is 9.93. The largest absolute Gasteiger partial charge is 0.396 e. The molecule has 1 aliphatic heterocycles. The molecule has 15 heavy (non-hydrogen) atoms. The second kappa shape index (κ2) is 7.20. The van der Waals surface area contributed by atoms with E-state index in [2.05, 4.69) is 12.2 Å². The normalized spacial score (nSPS) is 20.4. The molecule has 0 saturated carbocycles. The van der Waals surface area contributed by atoms with Gasteiger partial charge in [0.15, 0.2) is 0 Å². The van der Waals surface area contributed by atoms with Crippen molar-refractivity contribution in [2.45, 2.75) is 39.0 Å². The molecule has 0 aliphatic carbocycles. The topological polar surface area (TPSA) is 41.5 Å². The van der Waals surface area contributed by atoms with Gasteiger partial charge in [-0.1, -0.05) is 13.3 Å². The zero-order valence-electron chi connectivity index (χ0n) is 9.93. The Morgan fingerprint density at radius 1 is 1.27 bits per heavy atom. The Bertz CT molecular complexity index is 156. The van der Waals surface area contributed by atoms with Gasteiger partial charge in [-0.15, -0.1) is 0 Å². The minimum atomic E-state index is 0.136. The summed E-state index contributed by atoms with van der Waals surface area (Å²) in [6.07, 6.45) is 5.51. The first-order chi connectivity index (χ1) is 7.33. The maximum Gasteiger partial charge on any atom is 0.0489 e. The van der Waals surface area contributed by atoms with Gasteiger partial charge in [0.25, 0.3) is 0 Å². The summed E-state index contributed by atoms with van der Waals surface area (Å²) < 4.78 is 5.57. The van der Waals surface area contributed by atoms with Crippen LogP contribution in [0, 0.1) is 5.41 Å². The van der Waals surface area contributed by atoms with Crippen molar-refractivity contribution in [2.75, 3.05) is 32.9 Å². The Morgan fingerprint density at radius 2 is 2.00 bits per heavy atom. The number of rotatable bonds is 7. The molecular weight excluding hydrogens is 190 g/mol. The standard InChI is InChI=1S/C12H25NO2/c1-2-3-9-15-10-6-12(11-14)4-7-13-8-5-12/h13-14H,2-11H2,1H3. The molecular formula is C12H25NO2. The lowest BCUT2D eigenvalue weighted by atomic mass is 9.77. The van der Waals surface area contributed by atoms with Crippen LogP contribution in [0.25, 0.3) is 0 Å². The highest BCUT2D eigenvalue weighted by molar-refractivity contribution is 4.83. The summed E-state index contributed by atoms with van der Waals surface area (Å²) in [5.41, 5.74) is 0.136. The molecule has 0 radical (unpaired) electrons. The van der Waals surface area contributed by atoms with E-state index in [0.717, 1.165) is 52.0 Å². The van der Waals surface area contributed by atoms with Crippen LogP contribution in [0.4, 0.5) is 0 Å². The summed E-state index contributed by atoms with van der Waals surface area (Å²) in [6.45, 7) is 6.24. The fourth-order valence-corrected chi connectivity index (χ4v) is 2.08. The Morgan fingerprint density at radius 3 is 2.60 bits per heavy atom. The fraction of sp³-hybridized carbons (Fsp3) is 1.00. The number of hydrogen-bond donors (Lipinski definition) is 2. The molecule has 2 N–H and O–H groups in total. The van der Waals surface area contributed by atoms with Crippen LogP contribution >= 0.6 is 0 Å². The van der Waals surface area contributed by atoms with Gasteiger partial charge in [-0.05, 0) is 44.2 Å². The molecule has 90 valence electrons. The van der Waals surface area contributed by atoms with E-state index < -0.39 is 0 Å². The quantitative estimate of drug-likeness (QED) is 0.633. The summed E-state index contributed by atoms with van der Waals surface area (Å²) in [7, 11) is 0. The van der Waals surface area contributed by atoms with Gasteiger partial charge in [0, 0.05) is 19.8 Å². The van der Waals surface area contributed by atoms with Gasteiger partial charge in [0.05, 0.1) is 0 Å². The average Bonchev–Trinajstić information content (AvgIpc) is 2.30. The molecule has 0 aromatic carbocycles.